The molecule has 1 aromatic carbocycles. The van der Waals surface area contributed by atoms with E-state index in [1.54, 1.807) is 18.2 Å². The van der Waals surface area contributed by atoms with Gasteiger partial charge in [0.25, 0.3) is 0 Å². The lowest BCUT2D eigenvalue weighted by molar-refractivity contribution is -0.130. The van der Waals surface area contributed by atoms with Crippen molar-refractivity contribution in [1.29, 1.82) is 0 Å². The summed E-state index contributed by atoms with van der Waals surface area (Å²) in [5.74, 6) is -0.617. The Morgan fingerprint density at radius 2 is 2.12 bits per heavy atom. The summed E-state index contributed by atoms with van der Waals surface area (Å²) in [5, 5.41) is 8.49. The first kappa shape index (κ1) is 12.0. The fraction of sp³-hybridized carbons (Fsp3) is 0.300. The first-order chi connectivity index (χ1) is 7.98. The summed E-state index contributed by atoms with van der Waals surface area (Å²) < 4.78 is 25.1. The third-order valence-electron chi connectivity index (χ3n) is 2.88. The zero-order valence-corrected chi connectivity index (χ0v) is 9.94. The Labute approximate surface area is 98.9 Å². The number of hydrogen-bond donors (Lipinski definition) is 2. The van der Waals surface area contributed by atoms with E-state index in [2.05, 4.69) is 0 Å². The third kappa shape index (κ3) is 1.82. The van der Waals surface area contributed by atoms with Crippen LogP contribution in [0.25, 0.3) is 0 Å². The predicted molar refractivity (Wildman–Crippen MR) is 58.7 cm³/mol. The lowest BCUT2D eigenvalue weighted by Gasteiger charge is -2.17. The van der Waals surface area contributed by atoms with Gasteiger partial charge in [-0.1, -0.05) is 18.2 Å². The first-order valence-electron chi connectivity index (χ1n) is 4.98. The molecule has 1 aliphatic rings. The number of nitrogens with zero attached hydrogens (tertiary/aromatic N) is 1. The van der Waals surface area contributed by atoms with Crippen molar-refractivity contribution in [1.82, 2.24) is 9.79 Å². The number of rotatable bonds is 2. The van der Waals surface area contributed by atoms with Crippen molar-refractivity contribution in [2.45, 2.75) is 17.4 Å². The molecule has 0 fully saturated rings. The molecule has 1 atom stereocenters. The van der Waals surface area contributed by atoms with Crippen LogP contribution in [-0.4, -0.2) is 30.9 Å². The number of hydrogen-bond acceptors (Lipinski definition) is 4. The molecule has 0 aromatic heterocycles. The summed E-state index contributed by atoms with van der Waals surface area (Å²) in [6.45, 7) is 0. The zero-order valence-electron chi connectivity index (χ0n) is 9.12. The highest BCUT2D eigenvalue weighted by atomic mass is 32.2. The normalized spacial score (nSPS) is 22.1. The Hall–Kier alpha value is -1.44. The molecule has 1 aromatic rings. The molecule has 0 bridgehead atoms. The fourth-order valence-electron chi connectivity index (χ4n) is 1.97. The molecule has 17 heavy (non-hydrogen) atoms. The van der Waals surface area contributed by atoms with E-state index in [0.717, 1.165) is 4.31 Å². The molecule has 2 N–H and O–H groups in total. The quantitative estimate of drug-likeness (QED) is 0.587. The Kier molecular flexibility index (Phi) is 2.90. The number of amides is 1. The van der Waals surface area contributed by atoms with Gasteiger partial charge in [0.15, 0.2) is 0 Å². The summed E-state index contributed by atoms with van der Waals surface area (Å²) >= 11 is 0. The second-order valence-electron chi connectivity index (χ2n) is 3.81. The standard InChI is InChI=1S/C10H12N2O4S/c1-12-8(6-10(13)11-14)7-4-2-3-5-9(7)17(12,15)16/h2-5,8,14H,6H2,1H3,(H,11,13). The molecule has 0 aliphatic carbocycles. The van der Waals surface area contributed by atoms with Crippen LogP contribution in [0.1, 0.15) is 18.0 Å². The molecule has 1 heterocycles. The highest BCUT2D eigenvalue weighted by Gasteiger charge is 2.40. The minimum atomic E-state index is -3.52. The smallest absolute Gasteiger partial charge is 0.245 e. The molecular weight excluding hydrogens is 244 g/mol. The van der Waals surface area contributed by atoms with E-state index in [0.29, 0.717) is 5.56 Å². The summed E-state index contributed by atoms with van der Waals surface area (Å²) in [5.41, 5.74) is 2.09. The van der Waals surface area contributed by atoms with Crippen molar-refractivity contribution in [2.75, 3.05) is 7.05 Å². The van der Waals surface area contributed by atoms with Crippen molar-refractivity contribution in [3.05, 3.63) is 29.8 Å². The lowest BCUT2D eigenvalue weighted by Crippen LogP contribution is -2.29. The number of fused-ring (bicyclic) bond motifs is 1. The van der Waals surface area contributed by atoms with Crippen LogP contribution in [0.4, 0.5) is 0 Å². The minimum Gasteiger partial charge on any atom is -0.289 e. The number of hydroxylamine groups is 1. The highest BCUT2D eigenvalue weighted by molar-refractivity contribution is 7.89. The van der Waals surface area contributed by atoms with Gasteiger partial charge in [0.1, 0.15) is 0 Å². The summed E-state index contributed by atoms with van der Waals surface area (Å²) in [6.07, 6.45) is -0.108. The highest BCUT2D eigenvalue weighted by Crippen LogP contribution is 2.39. The van der Waals surface area contributed by atoms with Gasteiger partial charge in [0.05, 0.1) is 10.9 Å². The van der Waals surface area contributed by atoms with Crippen molar-refractivity contribution < 1.29 is 18.4 Å². The minimum absolute atomic E-state index is 0.108. The number of nitrogens with one attached hydrogen (secondary N) is 1. The molecule has 2 rings (SSSR count). The summed E-state index contributed by atoms with van der Waals surface area (Å²) in [4.78, 5) is 11.4. The average molecular weight is 256 g/mol. The molecule has 6 nitrogen and oxygen atoms in total. The van der Waals surface area contributed by atoms with Crippen LogP contribution in [0.3, 0.4) is 0 Å². The van der Waals surface area contributed by atoms with Crippen LogP contribution in [0.2, 0.25) is 0 Å². The molecule has 0 saturated heterocycles. The van der Waals surface area contributed by atoms with Crippen molar-refractivity contribution in [3.63, 3.8) is 0 Å². The maximum absolute atomic E-state index is 12.0. The summed E-state index contributed by atoms with van der Waals surface area (Å²) in [6, 6.07) is 5.98. The second-order valence-corrected chi connectivity index (χ2v) is 5.78. The number of carbonyl (C=O) groups excluding carboxylic acids is 1. The van der Waals surface area contributed by atoms with Crippen molar-refractivity contribution in [2.24, 2.45) is 0 Å². The van der Waals surface area contributed by atoms with E-state index in [4.69, 9.17) is 5.21 Å². The number of carbonyl (C=O) groups is 1. The van der Waals surface area contributed by atoms with Gasteiger partial charge in [-0.25, -0.2) is 13.9 Å². The Balaban J connectivity index is 2.47. The van der Waals surface area contributed by atoms with Gasteiger partial charge in [-0.05, 0) is 11.6 Å². The van der Waals surface area contributed by atoms with Gasteiger partial charge in [0, 0.05) is 13.5 Å². The molecule has 0 spiro atoms. The largest absolute Gasteiger partial charge is 0.289 e. The molecule has 0 saturated carbocycles. The SMILES string of the molecule is CN1C(CC(=O)NO)c2ccccc2S1(=O)=O. The molecular formula is C10H12N2O4S. The number of benzene rings is 1. The number of sulfonamides is 1. The van der Waals surface area contributed by atoms with E-state index < -0.39 is 22.0 Å². The monoisotopic (exact) mass is 256 g/mol. The maximum atomic E-state index is 12.0. The molecule has 1 amide bonds. The second kappa shape index (κ2) is 4.10. The fourth-order valence-corrected chi connectivity index (χ4v) is 3.55. The molecule has 0 radical (unpaired) electrons. The van der Waals surface area contributed by atoms with Crippen LogP contribution >= 0.6 is 0 Å². The molecule has 1 aliphatic heterocycles. The van der Waals surface area contributed by atoms with Crippen LogP contribution in [-0.2, 0) is 14.8 Å². The lowest BCUT2D eigenvalue weighted by atomic mass is 10.0. The van der Waals surface area contributed by atoms with E-state index in [1.165, 1.54) is 18.6 Å². The van der Waals surface area contributed by atoms with Crippen molar-refractivity contribution >= 4 is 15.9 Å². The van der Waals surface area contributed by atoms with Crippen LogP contribution < -0.4 is 5.48 Å². The van der Waals surface area contributed by atoms with Crippen molar-refractivity contribution in [3.8, 4) is 0 Å². The topological polar surface area (TPSA) is 86.7 Å². The average Bonchev–Trinajstić information content (AvgIpc) is 2.51. The van der Waals surface area contributed by atoms with Gasteiger partial charge in [0.2, 0.25) is 15.9 Å². The van der Waals surface area contributed by atoms with Crippen LogP contribution in [0.5, 0.6) is 0 Å². The Morgan fingerprint density at radius 1 is 1.47 bits per heavy atom. The van der Waals surface area contributed by atoms with Gasteiger partial charge in [-0.2, -0.15) is 4.31 Å². The zero-order chi connectivity index (χ0) is 12.6. The summed E-state index contributed by atoms with van der Waals surface area (Å²) in [7, 11) is -2.09. The van der Waals surface area contributed by atoms with Gasteiger partial charge < -0.3 is 0 Å². The molecule has 7 heteroatoms. The van der Waals surface area contributed by atoms with Crippen LogP contribution in [0, 0.1) is 0 Å². The van der Waals surface area contributed by atoms with E-state index in [-0.39, 0.29) is 11.3 Å². The van der Waals surface area contributed by atoms with E-state index in [9.17, 15) is 13.2 Å². The van der Waals surface area contributed by atoms with E-state index >= 15 is 0 Å². The molecule has 92 valence electrons. The molecule has 1 unspecified atom stereocenters. The van der Waals surface area contributed by atoms with E-state index in [1.807, 2.05) is 0 Å². The van der Waals surface area contributed by atoms with Gasteiger partial charge >= 0.3 is 0 Å². The van der Waals surface area contributed by atoms with Crippen LogP contribution in [0.15, 0.2) is 29.2 Å². The van der Waals surface area contributed by atoms with Gasteiger partial charge in [-0.3, -0.25) is 10.0 Å². The first-order valence-corrected chi connectivity index (χ1v) is 6.42. The van der Waals surface area contributed by atoms with Gasteiger partial charge in [-0.15, -0.1) is 0 Å². The third-order valence-corrected chi connectivity index (χ3v) is 4.82. The maximum Gasteiger partial charge on any atom is 0.245 e. The Bertz CT molecular complexity index is 555. The predicted octanol–water partition coefficient (Wildman–Crippen LogP) is 0.257. The Morgan fingerprint density at radius 3 is 2.76 bits per heavy atom.